The molecule has 18 heavy (non-hydrogen) atoms. The number of aromatic nitrogens is 1. The highest BCUT2D eigenvalue weighted by molar-refractivity contribution is 5.93. The van der Waals surface area contributed by atoms with Gasteiger partial charge in [0.2, 0.25) is 0 Å². The largest absolute Gasteiger partial charge is 0.481 e. The molecule has 0 aliphatic heterocycles. The van der Waals surface area contributed by atoms with Gasteiger partial charge in [0, 0.05) is 6.04 Å². The molecule has 1 amide bonds. The first-order chi connectivity index (χ1) is 8.58. The van der Waals surface area contributed by atoms with Crippen LogP contribution in [0.15, 0.2) is 10.8 Å². The minimum atomic E-state index is -0.743. The number of aryl methyl sites for hydroxylation is 1. The summed E-state index contributed by atoms with van der Waals surface area (Å²) in [5.74, 6) is -0.772. The second-order valence-corrected chi connectivity index (χ2v) is 4.62. The number of oxazole rings is 1. The molecule has 0 aromatic carbocycles. The highest BCUT2D eigenvalue weighted by Crippen LogP contribution is 2.24. The van der Waals surface area contributed by atoms with Crippen LogP contribution in [-0.4, -0.2) is 28.0 Å². The summed E-state index contributed by atoms with van der Waals surface area (Å²) >= 11 is 0. The second-order valence-electron chi connectivity index (χ2n) is 4.62. The fourth-order valence-electron chi connectivity index (χ4n) is 2.26. The van der Waals surface area contributed by atoms with E-state index in [0.29, 0.717) is 37.1 Å². The number of rotatable bonds is 3. The smallest absolute Gasteiger partial charge is 0.306 e. The van der Waals surface area contributed by atoms with Gasteiger partial charge in [-0.25, -0.2) is 4.98 Å². The van der Waals surface area contributed by atoms with Gasteiger partial charge in [-0.05, 0) is 32.6 Å². The summed E-state index contributed by atoms with van der Waals surface area (Å²) in [6.07, 6.45) is 3.85. The molecule has 1 aromatic rings. The van der Waals surface area contributed by atoms with Gasteiger partial charge in [-0.3, -0.25) is 9.59 Å². The van der Waals surface area contributed by atoms with E-state index in [-0.39, 0.29) is 17.9 Å². The molecule has 0 saturated heterocycles. The van der Waals surface area contributed by atoms with Crippen LogP contribution < -0.4 is 5.32 Å². The van der Waals surface area contributed by atoms with E-state index in [2.05, 4.69) is 10.3 Å². The van der Waals surface area contributed by atoms with Crippen molar-refractivity contribution >= 4 is 11.9 Å². The van der Waals surface area contributed by atoms with E-state index in [1.165, 1.54) is 6.39 Å². The summed E-state index contributed by atoms with van der Waals surface area (Å²) in [5, 5.41) is 11.8. The SMILES string of the molecule is Cc1ocnc1C(=O)NC1CCC(C(=O)O)CC1. The monoisotopic (exact) mass is 252 g/mol. The van der Waals surface area contributed by atoms with E-state index < -0.39 is 5.97 Å². The maximum absolute atomic E-state index is 11.9. The van der Waals surface area contributed by atoms with Crippen molar-refractivity contribution in [3.05, 3.63) is 17.8 Å². The lowest BCUT2D eigenvalue weighted by atomic mass is 9.86. The van der Waals surface area contributed by atoms with Gasteiger partial charge in [0.1, 0.15) is 5.76 Å². The molecule has 2 N–H and O–H groups in total. The first-order valence-corrected chi connectivity index (χ1v) is 6.01. The molecule has 0 unspecified atom stereocenters. The summed E-state index contributed by atoms with van der Waals surface area (Å²) in [4.78, 5) is 26.5. The minimum absolute atomic E-state index is 0.0317. The van der Waals surface area contributed by atoms with Crippen LogP contribution in [0.25, 0.3) is 0 Å². The Morgan fingerprint density at radius 2 is 2.06 bits per heavy atom. The molecular formula is C12H16N2O4. The van der Waals surface area contributed by atoms with Crippen molar-refractivity contribution in [3.63, 3.8) is 0 Å². The Morgan fingerprint density at radius 3 is 2.56 bits per heavy atom. The van der Waals surface area contributed by atoms with Crippen LogP contribution in [0.3, 0.4) is 0 Å². The maximum atomic E-state index is 11.9. The van der Waals surface area contributed by atoms with Gasteiger partial charge >= 0.3 is 5.97 Å². The van der Waals surface area contributed by atoms with Crippen molar-refractivity contribution in [3.8, 4) is 0 Å². The Balaban J connectivity index is 1.87. The molecule has 1 aromatic heterocycles. The molecule has 1 heterocycles. The number of aliphatic carboxylic acids is 1. The Labute approximate surface area is 104 Å². The van der Waals surface area contributed by atoms with Gasteiger partial charge in [0.05, 0.1) is 5.92 Å². The molecule has 6 nitrogen and oxygen atoms in total. The van der Waals surface area contributed by atoms with Gasteiger partial charge < -0.3 is 14.8 Å². The van der Waals surface area contributed by atoms with Crippen molar-refractivity contribution in [2.24, 2.45) is 5.92 Å². The van der Waals surface area contributed by atoms with Gasteiger partial charge in [0.25, 0.3) is 5.91 Å². The van der Waals surface area contributed by atoms with Crippen molar-refractivity contribution < 1.29 is 19.1 Å². The number of carboxylic acid groups (broad SMARTS) is 1. The summed E-state index contributed by atoms with van der Waals surface area (Å²) in [6.45, 7) is 1.68. The molecule has 1 aliphatic carbocycles. The highest BCUT2D eigenvalue weighted by Gasteiger charge is 2.27. The molecule has 1 fully saturated rings. The fraction of sp³-hybridized carbons (Fsp3) is 0.583. The van der Waals surface area contributed by atoms with Crippen LogP contribution in [-0.2, 0) is 4.79 Å². The third kappa shape index (κ3) is 2.69. The second kappa shape index (κ2) is 5.20. The van der Waals surface area contributed by atoms with Gasteiger partial charge in [0.15, 0.2) is 12.1 Å². The number of carboxylic acids is 1. The van der Waals surface area contributed by atoms with Crippen LogP contribution in [0, 0.1) is 12.8 Å². The molecule has 1 aliphatic rings. The number of hydrogen-bond acceptors (Lipinski definition) is 4. The average molecular weight is 252 g/mol. The third-order valence-corrected chi connectivity index (χ3v) is 3.37. The number of hydrogen-bond donors (Lipinski definition) is 2. The summed E-state index contributed by atoms with van der Waals surface area (Å²) < 4.78 is 4.97. The van der Waals surface area contributed by atoms with Gasteiger partial charge in [-0.1, -0.05) is 0 Å². The Kier molecular flexibility index (Phi) is 3.64. The molecule has 0 spiro atoms. The number of carbonyl (C=O) groups is 2. The van der Waals surface area contributed by atoms with Crippen molar-refractivity contribution in [1.82, 2.24) is 10.3 Å². The lowest BCUT2D eigenvalue weighted by molar-refractivity contribution is -0.142. The number of nitrogens with zero attached hydrogens (tertiary/aromatic N) is 1. The molecule has 98 valence electrons. The summed E-state index contributed by atoms with van der Waals surface area (Å²) in [7, 11) is 0. The Hall–Kier alpha value is -1.85. The quantitative estimate of drug-likeness (QED) is 0.847. The zero-order valence-corrected chi connectivity index (χ0v) is 10.2. The van der Waals surface area contributed by atoms with Gasteiger partial charge in [-0.15, -0.1) is 0 Å². The Morgan fingerprint density at radius 1 is 1.39 bits per heavy atom. The molecule has 0 radical (unpaired) electrons. The molecule has 0 bridgehead atoms. The van der Waals surface area contributed by atoms with Crippen molar-refractivity contribution in [1.29, 1.82) is 0 Å². The zero-order chi connectivity index (χ0) is 13.1. The molecular weight excluding hydrogens is 236 g/mol. The number of carbonyl (C=O) groups excluding carboxylic acids is 1. The first kappa shape index (κ1) is 12.6. The van der Waals surface area contributed by atoms with Crippen LogP contribution in [0.1, 0.15) is 41.9 Å². The van der Waals surface area contributed by atoms with Crippen LogP contribution >= 0.6 is 0 Å². The predicted octanol–water partition coefficient (Wildman–Crippen LogP) is 1.36. The molecule has 2 rings (SSSR count). The van der Waals surface area contributed by atoms with Crippen molar-refractivity contribution in [2.75, 3.05) is 0 Å². The fourth-order valence-corrected chi connectivity index (χ4v) is 2.26. The van der Waals surface area contributed by atoms with E-state index >= 15 is 0 Å². The number of nitrogens with one attached hydrogen (secondary N) is 1. The number of amides is 1. The van der Waals surface area contributed by atoms with E-state index in [1.807, 2.05) is 0 Å². The lowest BCUT2D eigenvalue weighted by Crippen LogP contribution is -2.39. The Bertz CT molecular complexity index is 447. The summed E-state index contributed by atoms with van der Waals surface area (Å²) in [5.41, 5.74) is 0.301. The topological polar surface area (TPSA) is 92.4 Å². The van der Waals surface area contributed by atoms with Crippen molar-refractivity contribution in [2.45, 2.75) is 38.6 Å². The molecule has 1 saturated carbocycles. The van der Waals surface area contributed by atoms with Crippen LogP contribution in [0.2, 0.25) is 0 Å². The van der Waals surface area contributed by atoms with E-state index in [1.54, 1.807) is 6.92 Å². The lowest BCUT2D eigenvalue weighted by Gasteiger charge is -2.26. The normalized spacial score (nSPS) is 23.6. The standard InChI is InChI=1S/C12H16N2O4/c1-7-10(13-6-18-7)11(15)14-9-4-2-8(3-5-9)12(16)17/h6,8-9H,2-5H2,1H3,(H,14,15)(H,16,17). The predicted molar refractivity (Wildman–Crippen MR) is 62.1 cm³/mol. The molecule has 6 heteroatoms. The first-order valence-electron chi connectivity index (χ1n) is 6.01. The zero-order valence-electron chi connectivity index (χ0n) is 10.2. The van der Waals surface area contributed by atoms with Crippen LogP contribution in [0.5, 0.6) is 0 Å². The third-order valence-electron chi connectivity index (χ3n) is 3.37. The van der Waals surface area contributed by atoms with Crippen LogP contribution in [0.4, 0.5) is 0 Å². The van der Waals surface area contributed by atoms with E-state index in [9.17, 15) is 9.59 Å². The maximum Gasteiger partial charge on any atom is 0.306 e. The summed E-state index contributed by atoms with van der Waals surface area (Å²) in [6, 6.07) is 0.0317. The minimum Gasteiger partial charge on any atom is -0.481 e. The average Bonchev–Trinajstić information content (AvgIpc) is 2.76. The van der Waals surface area contributed by atoms with E-state index in [0.717, 1.165) is 0 Å². The highest BCUT2D eigenvalue weighted by atomic mass is 16.4. The van der Waals surface area contributed by atoms with Gasteiger partial charge in [-0.2, -0.15) is 0 Å². The molecule has 0 atom stereocenters. The van der Waals surface area contributed by atoms with E-state index in [4.69, 9.17) is 9.52 Å².